The first-order valence-electron chi connectivity index (χ1n) is 11.8. The minimum absolute atomic E-state index is 0.0755. The molecule has 3 aromatic rings. The smallest absolute Gasteiger partial charge is 0.257 e. The van der Waals surface area contributed by atoms with Crippen LogP contribution in [0.4, 0.5) is 15.8 Å². The zero-order chi connectivity index (χ0) is 25.7. The maximum Gasteiger partial charge on any atom is 0.257 e. The fourth-order valence-electron chi connectivity index (χ4n) is 4.33. The number of carbonyl (C=O) groups is 2. The van der Waals surface area contributed by atoms with Crippen molar-refractivity contribution in [2.24, 2.45) is 0 Å². The van der Waals surface area contributed by atoms with E-state index in [9.17, 15) is 14.0 Å². The summed E-state index contributed by atoms with van der Waals surface area (Å²) in [5.74, 6) is -1.06. The van der Waals surface area contributed by atoms with E-state index >= 15 is 0 Å². The molecule has 1 unspecified atom stereocenters. The molecule has 0 radical (unpaired) electrons. The molecular weight excluding hydrogens is 481 g/mol. The third kappa shape index (κ3) is 6.22. The lowest BCUT2D eigenvalue weighted by atomic mass is 10.1. The number of amides is 2. The summed E-state index contributed by atoms with van der Waals surface area (Å²) in [6.07, 6.45) is 1.73. The lowest BCUT2D eigenvalue weighted by Gasteiger charge is -2.28. The van der Waals surface area contributed by atoms with Crippen LogP contribution in [0.5, 0.6) is 0 Å². The van der Waals surface area contributed by atoms with E-state index in [-0.39, 0.29) is 30.0 Å². The number of halogens is 2. The summed E-state index contributed by atoms with van der Waals surface area (Å²) >= 11 is 6.19. The van der Waals surface area contributed by atoms with Crippen LogP contribution in [0.3, 0.4) is 0 Å². The van der Waals surface area contributed by atoms with Crippen LogP contribution in [0.2, 0.25) is 5.02 Å². The number of anilines is 2. The van der Waals surface area contributed by atoms with Crippen LogP contribution in [0.15, 0.2) is 66.7 Å². The van der Waals surface area contributed by atoms with Gasteiger partial charge in [-0.3, -0.25) is 9.59 Å². The first-order valence-corrected chi connectivity index (χ1v) is 12.2. The Kier molecular flexibility index (Phi) is 8.23. The number of nitrogens with zero attached hydrogens (tertiary/aromatic N) is 2. The van der Waals surface area contributed by atoms with Gasteiger partial charge >= 0.3 is 0 Å². The van der Waals surface area contributed by atoms with Gasteiger partial charge in [-0.25, -0.2) is 4.39 Å². The Bertz CT molecular complexity index is 1240. The molecule has 1 saturated heterocycles. The summed E-state index contributed by atoms with van der Waals surface area (Å²) in [5.41, 5.74) is 2.96. The van der Waals surface area contributed by atoms with Gasteiger partial charge in [0, 0.05) is 50.7 Å². The van der Waals surface area contributed by atoms with Crippen LogP contribution in [0.1, 0.15) is 39.1 Å². The number of hydrogen-bond acceptors (Lipinski definition) is 4. The highest BCUT2D eigenvalue weighted by molar-refractivity contribution is 6.34. The molecule has 8 heteroatoms. The van der Waals surface area contributed by atoms with Gasteiger partial charge in [-0.15, -0.1) is 0 Å². The fraction of sp³-hybridized carbons (Fsp3) is 0.286. The number of nitrogens with one attached hydrogen (secondary N) is 1. The zero-order valence-corrected chi connectivity index (χ0v) is 21.1. The van der Waals surface area contributed by atoms with Crippen LogP contribution in [-0.2, 0) is 11.3 Å². The van der Waals surface area contributed by atoms with Crippen LogP contribution < -0.4 is 10.2 Å². The topological polar surface area (TPSA) is 61.9 Å². The van der Waals surface area contributed by atoms with Crippen molar-refractivity contribution in [3.05, 3.63) is 94.3 Å². The second-order valence-corrected chi connectivity index (χ2v) is 9.41. The number of hydrogen-bond donors (Lipinski definition) is 1. The number of rotatable bonds is 8. The molecule has 1 aliphatic rings. The standard InChI is InChI=1S/C28H29ClFN3O3/c1-32(2)26-13-12-22(31-27(34)24-10-3-4-11-25(24)29)16-20(26)17-33(18-23-9-6-14-36-23)28(35)19-7-5-8-21(30)15-19/h3-5,7-8,10-13,15-16,23H,6,9,14,17-18H2,1-2H3,(H,31,34). The molecule has 4 rings (SSSR count). The molecule has 0 aliphatic carbocycles. The van der Waals surface area contributed by atoms with Crippen LogP contribution >= 0.6 is 11.6 Å². The molecule has 1 heterocycles. The predicted molar refractivity (Wildman–Crippen MR) is 140 cm³/mol. The number of benzene rings is 3. The summed E-state index contributed by atoms with van der Waals surface area (Å²) < 4.78 is 19.7. The molecule has 1 atom stereocenters. The zero-order valence-electron chi connectivity index (χ0n) is 20.3. The van der Waals surface area contributed by atoms with Crippen molar-refractivity contribution in [1.29, 1.82) is 0 Å². The van der Waals surface area contributed by atoms with Crippen molar-refractivity contribution < 1.29 is 18.7 Å². The van der Waals surface area contributed by atoms with E-state index in [0.29, 0.717) is 29.4 Å². The Balaban J connectivity index is 1.63. The van der Waals surface area contributed by atoms with Crippen molar-refractivity contribution in [3.8, 4) is 0 Å². The van der Waals surface area contributed by atoms with E-state index < -0.39 is 5.82 Å². The van der Waals surface area contributed by atoms with E-state index in [1.807, 2.05) is 37.2 Å². The van der Waals surface area contributed by atoms with Crippen molar-refractivity contribution in [3.63, 3.8) is 0 Å². The maximum absolute atomic E-state index is 13.9. The van der Waals surface area contributed by atoms with Crippen molar-refractivity contribution in [1.82, 2.24) is 4.90 Å². The molecule has 2 amide bonds. The van der Waals surface area contributed by atoms with E-state index in [1.165, 1.54) is 18.2 Å². The molecular formula is C28H29ClFN3O3. The van der Waals surface area contributed by atoms with Crippen molar-refractivity contribution in [2.45, 2.75) is 25.5 Å². The Morgan fingerprint density at radius 2 is 1.89 bits per heavy atom. The molecule has 0 spiro atoms. The minimum Gasteiger partial charge on any atom is -0.377 e. The number of ether oxygens (including phenoxy) is 1. The van der Waals surface area contributed by atoms with Gasteiger partial charge in [0.25, 0.3) is 11.8 Å². The van der Waals surface area contributed by atoms with E-state index in [4.69, 9.17) is 16.3 Å². The third-order valence-corrected chi connectivity index (χ3v) is 6.44. The van der Waals surface area contributed by atoms with Crippen LogP contribution in [0, 0.1) is 5.82 Å². The lowest BCUT2D eigenvalue weighted by Crippen LogP contribution is -2.37. The van der Waals surface area contributed by atoms with Gasteiger partial charge in [0.1, 0.15) is 5.82 Å². The molecule has 3 aromatic carbocycles. The fourth-order valence-corrected chi connectivity index (χ4v) is 4.55. The summed E-state index contributed by atoms with van der Waals surface area (Å²) in [4.78, 5) is 29.9. The monoisotopic (exact) mass is 509 g/mol. The Morgan fingerprint density at radius 1 is 1.08 bits per heavy atom. The summed E-state index contributed by atoms with van der Waals surface area (Å²) in [5, 5.41) is 3.27. The highest BCUT2D eigenvalue weighted by Crippen LogP contribution is 2.27. The minimum atomic E-state index is -0.462. The summed E-state index contributed by atoms with van der Waals surface area (Å²) in [7, 11) is 3.83. The van der Waals surface area contributed by atoms with Crippen molar-refractivity contribution in [2.75, 3.05) is 37.5 Å². The van der Waals surface area contributed by atoms with E-state index in [0.717, 1.165) is 24.1 Å². The van der Waals surface area contributed by atoms with Gasteiger partial charge in [-0.2, -0.15) is 0 Å². The lowest BCUT2D eigenvalue weighted by molar-refractivity contribution is 0.0507. The largest absolute Gasteiger partial charge is 0.377 e. The highest BCUT2D eigenvalue weighted by Gasteiger charge is 2.25. The van der Waals surface area contributed by atoms with Gasteiger partial charge in [0.05, 0.1) is 16.7 Å². The SMILES string of the molecule is CN(C)c1ccc(NC(=O)c2ccccc2Cl)cc1CN(CC1CCCO1)C(=O)c1cccc(F)c1. The molecule has 0 saturated carbocycles. The van der Waals surface area contributed by atoms with Crippen LogP contribution in [0.25, 0.3) is 0 Å². The predicted octanol–water partition coefficient (Wildman–Crippen LogP) is 5.62. The van der Waals surface area contributed by atoms with Gasteiger partial charge in [-0.05, 0) is 66.9 Å². The second-order valence-electron chi connectivity index (χ2n) is 9.00. The van der Waals surface area contributed by atoms with Gasteiger partial charge in [0.15, 0.2) is 0 Å². The molecule has 1 aliphatic heterocycles. The molecule has 36 heavy (non-hydrogen) atoms. The summed E-state index contributed by atoms with van der Waals surface area (Å²) in [6, 6.07) is 18.1. The van der Waals surface area contributed by atoms with Gasteiger partial charge < -0.3 is 19.9 Å². The molecule has 1 N–H and O–H groups in total. The van der Waals surface area contributed by atoms with E-state index in [1.54, 1.807) is 35.2 Å². The normalized spacial score (nSPS) is 14.9. The third-order valence-electron chi connectivity index (χ3n) is 6.11. The second kappa shape index (κ2) is 11.5. The van der Waals surface area contributed by atoms with Gasteiger partial charge in [-0.1, -0.05) is 29.8 Å². The quantitative estimate of drug-likeness (QED) is 0.428. The van der Waals surface area contributed by atoms with E-state index in [2.05, 4.69) is 5.32 Å². The average molecular weight is 510 g/mol. The Labute approximate surface area is 215 Å². The van der Waals surface area contributed by atoms with Crippen molar-refractivity contribution >= 4 is 34.8 Å². The Hall–Kier alpha value is -3.42. The summed E-state index contributed by atoms with van der Waals surface area (Å²) in [6.45, 7) is 1.32. The van der Waals surface area contributed by atoms with Crippen LogP contribution in [-0.4, -0.2) is 50.1 Å². The molecule has 188 valence electrons. The Morgan fingerprint density at radius 3 is 2.58 bits per heavy atom. The average Bonchev–Trinajstić information content (AvgIpc) is 3.36. The molecule has 0 bridgehead atoms. The highest BCUT2D eigenvalue weighted by atomic mass is 35.5. The maximum atomic E-state index is 13.9. The van der Waals surface area contributed by atoms with Gasteiger partial charge in [0.2, 0.25) is 0 Å². The molecule has 0 aromatic heterocycles. The molecule has 6 nitrogen and oxygen atoms in total. The first kappa shape index (κ1) is 25.7. The number of carbonyl (C=O) groups excluding carboxylic acids is 2. The molecule has 1 fully saturated rings. The first-order chi connectivity index (χ1) is 17.3.